The molecule has 1 aromatic heterocycles. The number of halogens is 2. The molecule has 144 valence electrons. The second-order valence-electron chi connectivity index (χ2n) is 6.42. The van der Waals surface area contributed by atoms with Gasteiger partial charge in [0.25, 0.3) is 0 Å². The van der Waals surface area contributed by atoms with Gasteiger partial charge in [-0.25, -0.2) is 4.39 Å². The van der Waals surface area contributed by atoms with Crippen LogP contribution < -0.4 is 9.64 Å². The van der Waals surface area contributed by atoms with Crippen molar-refractivity contribution in [2.24, 2.45) is 0 Å². The number of hydrogen-bond donors (Lipinski definition) is 0. The Morgan fingerprint density at radius 3 is 2.96 bits per heavy atom. The number of amides is 1. The molecule has 0 bridgehead atoms. The molecule has 8 heteroatoms. The van der Waals surface area contributed by atoms with Crippen LogP contribution in [0.15, 0.2) is 47.0 Å². The lowest BCUT2D eigenvalue weighted by Crippen LogP contribution is -2.24. The number of nitrogens with zero attached hydrogens (tertiary/aromatic N) is 3. The van der Waals surface area contributed by atoms with Crippen LogP contribution in [0.1, 0.15) is 25.2 Å². The number of carbonyl (C=O) groups excluding carboxylic acids is 1. The zero-order valence-corrected chi connectivity index (χ0v) is 15.8. The molecule has 3 aromatic rings. The molecule has 1 amide bonds. The fourth-order valence-electron chi connectivity index (χ4n) is 3.19. The van der Waals surface area contributed by atoms with Crippen LogP contribution in [-0.2, 0) is 4.79 Å². The van der Waals surface area contributed by atoms with Crippen molar-refractivity contribution in [3.8, 4) is 17.1 Å². The number of anilines is 1. The van der Waals surface area contributed by atoms with Gasteiger partial charge in [0.1, 0.15) is 11.6 Å². The molecule has 0 spiro atoms. The van der Waals surface area contributed by atoms with E-state index >= 15 is 0 Å². The molecular formula is C20H17ClFN3O3. The van der Waals surface area contributed by atoms with Crippen molar-refractivity contribution in [1.29, 1.82) is 0 Å². The lowest BCUT2D eigenvalue weighted by molar-refractivity contribution is -0.117. The van der Waals surface area contributed by atoms with Gasteiger partial charge in [0, 0.05) is 24.2 Å². The molecule has 0 saturated carbocycles. The molecule has 1 aliphatic heterocycles. The van der Waals surface area contributed by atoms with Gasteiger partial charge in [0.05, 0.1) is 17.5 Å². The monoisotopic (exact) mass is 401 g/mol. The number of aromatic nitrogens is 2. The van der Waals surface area contributed by atoms with Crippen LogP contribution in [0.25, 0.3) is 11.4 Å². The van der Waals surface area contributed by atoms with E-state index in [2.05, 4.69) is 10.1 Å². The summed E-state index contributed by atoms with van der Waals surface area (Å²) in [5.74, 6) is 0.678. The van der Waals surface area contributed by atoms with Crippen LogP contribution in [0.3, 0.4) is 0 Å². The molecule has 2 heterocycles. The first kappa shape index (κ1) is 18.4. The molecule has 2 aromatic carbocycles. The van der Waals surface area contributed by atoms with Crippen LogP contribution in [0.5, 0.6) is 5.75 Å². The summed E-state index contributed by atoms with van der Waals surface area (Å²) in [6, 6.07) is 11.6. The van der Waals surface area contributed by atoms with E-state index in [1.807, 2.05) is 31.2 Å². The molecule has 1 fully saturated rings. The van der Waals surface area contributed by atoms with E-state index in [1.54, 1.807) is 4.90 Å². The smallest absolute Gasteiger partial charge is 0.232 e. The van der Waals surface area contributed by atoms with Gasteiger partial charge in [-0.3, -0.25) is 4.79 Å². The maximum atomic E-state index is 13.4. The van der Waals surface area contributed by atoms with Crippen molar-refractivity contribution in [3.63, 3.8) is 0 Å². The predicted molar refractivity (Wildman–Crippen MR) is 102 cm³/mol. The molecule has 4 rings (SSSR count). The zero-order valence-electron chi connectivity index (χ0n) is 15.1. The third-order valence-corrected chi connectivity index (χ3v) is 4.82. The van der Waals surface area contributed by atoms with Crippen molar-refractivity contribution in [2.45, 2.75) is 19.3 Å². The van der Waals surface area contributed by atoms with E-state index in [0.717, 1.165) is 11.3 Å². The number of hydrogen-bond acceptors (Lipinski definition) is 5. The standard InChI is InChI=1S/C20H17ClFN3O3/c1-2-27-15-5-3-4-12(8-15)19-23-20(28-24-19)13-9-18(26)25(11-13)14-6-7-17(22)16(21)10-14/h3-8,10,13H,2,9,11H2,1H3. The quantitative estimate of drug-likeness (QED) is 0.631. The van der Waals surface area contributed by atoms with E-state index in [1.165, 1.54) is 18.2 Å². The minimum Gasteiger partial charge on any atom is -0.494 e. The Labute approximate surface area is 165 Å². The van der Waals surface area contributed by atoms with Crippen LogP contribution in [0.4, 0.5) is 10.1 Å². The van der Waals surface area contributed by atoms with E-state index < -0.39 is 5.82 Å². The first-order chi connectivity index (χ1) is 13.5. The van der Waals surface area contributed by atoms with Gasteiger partial charge < -0.3 is 14.2 Å². The number of ether oxygens (including phenoxy) is 1. The van der Waals surface area contributed by atoms with Crippen molar-refractivity contribution < 1.29 is 18.4 Å². The van der Waals surface area contributed by atoms with Crippen molar-refractivity contribution in [2.75, 3.05) is 18.1 Å². The summed E-state index contributed by atoms with van der Waals surface area (Å²) in [4.78, 5) is 18.4. The van der Waals surface area contributed by atoms with Crippen molar-refractivity contribution in [1.82, 2.24) is 10.1 Å². The maximum Gasteiger partial charge on any atom is 0.232 e. The van der Waals surface area contributed by atoms with Crippen molar-refractivity contribution in [3.05, 3.63) is 59.2 Å². The average molecular weight is 402 g/mol. The Kier molecular flexibility index (Phi) is 5.00. The van der Waals surface area contributed by atoms with Crippen LogP contribution in [-0.4, -0.2) is 29.2 Å². The first-order valence-electron chi connectivity index (χ1n) is 8.87. The Balaban J connectivity index is 1.54. The summed E-state index contributed by atoms with van der Waals surface area (Å²) in [6.45, 7) is 2.84. The highest BCUT2D eigenvalue weighted by atomic mass is 35.5. The van der Waals surface area contributed by atoms with Gasteiger partial charge in [-0.2, -0.15) is 4.98 Å². The molecular weight excluding hydrogens is 385 g/mol. The SMILES string of the molecule is CCOc1cccc(-c2noc(C3CC(=O)N(c4ccc(F)c(Cl)c4)C3)n2)c1. The molecule has 28 heavy (non-hydrogen) atoms. The highest BCUT2D eigenvalue weighted by molar-refractivity contribution is 6.31. The van der Waals surface area contributed by atoms with Gasteiger partial charge in [0.15, 0.2) is 0 Å². The minimum absolute atomic E-state index is 0.0250. The highest BCUT2D eigenvalue weighted by Crippen LogP contribution is 2.33. The molecule has 0 N–H and O–H groups in total. The van der Waals surface area contributed by atoms with Gasteiger partial charge in [-0.1, -0.05) is 28.9 Å². The molecule has 1 unspecified atom stereocenters. The van der Waals surface area contributed by atoms with Crippen LogP contribution in [0, 0.1) is 5.82 Å². The van der Waals surface area contributed by atoms with Crippen LogP contribution >= 0.6 is 11.6 Å². The van der Waals surface area contributed by atoms with Gasteiger partial charge in [-0.15, -0.1) is 0 Å². The maximum absolute atomic E-state index is 13.4. The molecule has 0 aliphatic carbocycles. The summed E-state index contributed by atoms with van der Waals surface area (Å²) in [7, 11) is 0. The molecule has 1 atom stereocenters. The number of carbonyl (C=O) groups is 1. The first-order valence-corrected chi connectivity index (χ1v) is 9.25. The minimum atomic E-state index is -0.524. The topological polar surface area (TPSA) is 68.5 Å². The highest BCUT2D eigenvalue weighted by Gasteiger charge is 2.35. The molecule has 0 radical (unpaired) electrons. The molecule has 1 saturated heterocycles. The van der Waals surface area contributed by atoms with Crippen molar-refractivity contribution >= 4 is 23.2 Å². The number of rotatable bonds is 5. The Bertz CT molecular complexity index is 1020. The lowest BCUT2D eigenvalue weighted by Gasteiger charge is -2.16. The summed E-state index contributed by atoms with van der Waals surface area (Å²) in [5, 5.41) is 4.01. The lowest BCUT2D eigenvalue weighted by atomic mass is 10.1. The Hall–Kier alpha value is -2.93. The molecule has 6 nitrogen and oxygen atoms in total. The predicted octanol–water partition coefficient (Wildman–Crippen LogP) is 4.45. The average Bonchev–Trinajstić information content (AvgIpc) is 3.32. The summed E-state index contributed by atoms with van der Waals surface area (Å²) in [5.41, 5.74) is 1.32. The van der Waals surface area contributed by atoms with E-state index in [9.17, 15) is 9.18 Å². The third kappa shape index (κ3) is 3.57. The normalized spacial score (nSPS) is 16.6. The fourth-order valence-corrected chi connectivity index (χ4v) is 3.36. The summed E-state index contributed by atoms with van der Waals surface area (Å²) < 4.78 is 24.3. The second-order valence-corrected chi connectivity index (χ2v) is 6.83. The largest absolute Gasteiger partial charge is 0.494 e. The molecule has 1 aliphatic rings. The second kappa shape index (κ2) is 7.59. The Morgan fingerprint density at radius 2 is 2.18 bits per heavy atom. The Morgan fingerprint density at radius 1 is 1.32 bits per heavy atom. The zero-order chi connectivity index (χ0) is 19.7. The van der Waals surface area contributed by atoms with Gasteiger partial charge in [-0.05, 0) is 37.3 Å². The number of benzene rings is 2. The van der Waals surface area contributed by atoms with E-state index in [0.29, 0.717) is 30.6 Å². The summed E-state index contributed by atoms with van der Waals surface area (Å²) in [6.07, 6.45) is 0.232. The summed E-state index contributed by atoms with van der Waals surface area (Å²) >= 11 is 5.84. The fraction of sp³-hybridized carbons (Fsp3) is 0.250. The van der Waals surface area contributed by atoms with E-state index in [4.69, 9.17) is 20.9 Å². The van der Waals surface area contributed by atoms with Gasteiger partial charge in [0.2, 0.25) is 17.6 Å². The van der Waals surface area contributed by atoms with E-state index in [-0.39, 0.29) is 23.3 Å². The van der Waals surface area contributed by atoms with Crippen LogP contribution in [0.2, 0.25) is 5.02 Å². The van der Waals surface area contributed by atoms with Gasteiger partial charge >= 0.3 is 0 Å². The third-order valence-electron chi connectivity index (χ3n) is 4.53.